The summed E-state index contributed by atoms with van der Waals surface area (Å²) < 4.78 is 11.5. The van der Waals surface area contributed by atoms with Crippen LogP contribution in [0, 0.1) is 5.92 Å². The van der Waals surface area contributed by atoms with Crippen molar-refractivity contribution in [3.8, 4) is 0 Å². The third-order valence-electron chi connectivity index (χ3n) is 4.41. The molecule has 1 fully saturated rings. The molecule has 1 aromatic rings. The molecule has 1 aliphatic heterocycles. The van der Waals surface area contributed by atoms with Gasteiger partial charge in [-0.05, 0) is 44.0 Å². The number of hydrogen-bond donors (Lipinski definition) is 1. The number of nitrogens with one attached hydrogen (secondary N) is 1. The molecular formula is C20H32N2O3. The fourth-order valence-electron chi connectivity index (χ4n) is 3.07. The van der Waals surface area contributed by atoms with Gasteiger partial charge < -0.3 is 19.7 Å². The van der Waals surface area contributed by atoms with E-state index in [2.05, 4.69) is 22.3 Å². The summed E-state index contributed by atoms with van der Waals surface area (Å²) >= 11 is 0. The lowest BCUT2D eigenvalue weighted by Gasteiger charge is -2.23. The Kier molecular flexibility index (Phi) is 7.88. The van der Waals surface area contributed by atoms with E-state index in [1.165, 1.54) is 5.56 Å². The quantitative estimate of drug-likeness (QED) is 0.745. The molecule has 0 spiro atoms. The van der Waals surface area contributed by atoms with Crippen LogP contribution in [-0.2, 0) is 27.4 Å². The number of benzene rings is 1. The first-order chi connectivity index (χ1) is 12.0. The lowest BCUT2D eigenvalue weighted by atomic mass is 10.0. The highest BCUT2D eigenvalue weighted by Crippen LogP contribution is 2.16. The molecule has 1 saturated heterocycles. The Bertz CT molecular complexity index is 539. The fraction of sp³-hybridized carbons (Fsp3) is 0.650. The molecule has 1 aromatic carbocycles. The second-order valence-electron chi connectivity index (χ2n) is 7.36. The molecular weight excluding hydrogens is 316 g/mol. The van der Waals surface area contributed by atoms with Crippen molar-refractivity contribution in [3.05, 3.63) is 35.4 Å². The summed E-state index contributed by atoms with van der Waals surface area (Å²) in [6.07, 6.45) is 1.79. The average molecular weight is 348 g/mol. The minimum Gasteiger partial charge on any atom is -0.376 e. The van der Waals surface area contributed by atoms with E-state index in [1.54, 1.807) is 0 Å². The van der Waals surface area contributed by atoms with Crippen molar-refractivity contribution in [2.24, 2.45) is 5.92 Å². The Balaban J connectivity index is 1.90. The molecule has 25 heavy (non-hydrogen) atoms. The van der Waals surface area contributed by atoms with Gasteiger partial charge in [0.15, 0.2) is 0 Å². The van der Waals surface area contributed by atoms with Crippen LogP contribution in [-0.4, -0.2) is 50.3 Å². The fourth-order valence-corrected chi connectivity index (χ4v) is 3.07. The summed E-state index contributed by atoms with van der Waals surface area (Å²) in [6.45, 7) is 6.70. The Labute approximate surface area is 151 Å². The van der Waals surface area contributed by atoms with Crippen molar-refractivity contribution >= 4 is 5.91 Å². The van der Waals surface area contributed by atoms with Crippen molar-refractivity contribution in [2.45, 2.75) is 52.0 Å². The largest absolute Gasteiger partial charge is 0.376 e. The zero-order valence-electron chi connectivity index (χ0n) is 16.0. The molecule has 0 saturated carbocycles. The van der Waals surface area contributed by atoms with Gasteiger partial charge in [-0.1, -0.05) is 38.1 Å². The number of carbonyl (C=O) groups excluding carboxylic acids is 1. The first-order valence-corrected chi connectivity index (χ1v) is 9.19. The summed E-state index contributed by atoms with van der Waals surface area (Å²) in [5, 5.41) is 3.05. The van der Waals surface area contributed by atoms with E-state index < -0.39 is 6.10 Å². The molecule has 0 aromatic heterocycles. The third-order valence-corrected chi connectivity index (χ3v) is 4.41. The van der Waals surface area contributed by atoms with Crippen molar-refractivity contribution in [3.63, 3.8) is 0 Å². The number of hydrogen-bond acceptors (Lipinski definition) is 4. The predicted octanol–water partition coefficient (Wildman–Crippen LogP) is 2.58. The van der Waals surface area contributed by atoms with Crippen molar-refractivity contribution < 1.29 is 14.3 Å². The van der Waals surface area contributed by atoms with Gasteiger partial charge in [0, 0.05) is 19.7 Å². The monoisotopic (exact) mass is 348 g/mol. The van der Waals surface area contributed by atoms with Crippen LogP contribution >= 0.6 is 0 Å². The molecule has 5 nitrogen and oxygen atoms in total. The average Bonchev–Trinajstić information content (AvgIpc) is 3.07. The van der Waals surface area contributed by atoms with Crippen LogP contribution in [0.2, 0.25) is 0 Å². The highest BCUT2D eigenvalue weighted by atomic mass is 16.5. The maximum absolute atomic E-state index is 12.6. The molecule has 0 aliphatic carbocycles. The highest BCUT2D eigenvalue weighted by molar-refractivity contribution is 5.81. The van der Waals surface area contributed by atoms with Crippen LogP contribution < -0.4 is 5.32 Å². The van der Waals surface area contributed by atoms with Crippen molar-refractivity contribution in [1.82, 2.24) is 10.2 Å². The molecule has 2 rings (SSSR count). The summed E-state index contributed by atoms with van der Waals surface area (Å²) in [5.41, 5.74) is 2.38. The molecule has 140 valence electrons. The number of amides is 1. The van der Waals surface area contributed by atoms with Gasteiger partial charge in [-0.3, -0.25) is 4.79 Å². The van der Waals surface area contributed by atoms with Crippen LogP contribution in [0.4, 0.5) is 0 Å². The second-order valence-corrected chi connectivity index (χ2v) is 7.36. The van der Waals surface area contributed by atoms with Gasteiger partial charge >= 0.3 is 0 Å². The summed E-state index contributed by atoms with van der Waals surface area (Å²) in [4.78, 5) is 14.7. The molecule has 1 aliphatic rings. The summed E-state index contributed by atoms with van der Waals surface area (Å²) in [7, 11) is 4.09. The van der Waals surface area contributed by atoms with Gasteiger partial charge in [0.2, 0.25) is 5.91 Å². The molecule has 1 N–H and O–H groups in total. The lowest BCUT2D eigenvalue weighted by molar-refractivity contribution is -0.138. The van der Waals surface area contributed by atoms with Gasteiger partial charge in [0.1, 0.15) is 6.10 Å². The van der Waals surface area contributed by atoms with Gasteiger partial charge in [0.05, 0.1) is 12.7 Å². The number of rotatable bonds is 9. The minimum atomic E-state index is -0.440. The molecule has 2 unspecified atom stereocenters. The van der Waals surface area contributed by atoms with Crippen LogP contribution in [0.25, 0.3) is 0 Å². The van der Waals surface area contributed by atoms with Crippen molar-refractivity contribution in [2.75, 3.05) is 27.3 Å². The molecule has 0 bridgehead atoms. The Morgan fingerprint density at radius 2 is 2.04 bits per heavy atom. The predicted molar refractivity (Wildman–Crippen MR) is 99.2 cm³/mol. The molecule has 1 amide bonds. The lowest BCUT2D eigenvalue weighted by Crippen LogP contribution is -2.40. The number of ether oxygens (including phenoxy) is 2. The molecule has 1 heterocycles. The van der Waals surface area contributed by atoms with E-state index in [9.17, 15) is 4.79 Å². The Morgan fingerprint density at radius 1 is 1.32 bits per heavy atom. The van der Waals surface area contributed by atoms with Crippen LogP contribution in [0.5, 0.6) is 0 Å². The Hall–Kier alpha value is -1.43. The van der Waals surface area contributed by atoms with E-state index in [0.717, 1.165) is 31.6 Å². The molecule has 0 radical (unpaired) electrons. The number of carbonyl (C=O) groups is 1. The summed E-state index contributed by atoms with van der Waals surface area (Å²) in [5.74, 6) is 0.0751. The summed E-state index contributed by atoms with van der Waals surface area (Å²) in [6, 6.07) is 8.21. The smallest absolute Gasteiger partial charge is 0.249 e. The van der Waals surface area contributed by atoms with Gasteiger partial charge in [-0.2, -0.15) is 0 Å². The second kappa shape index (κ2) is 9.90. The van der Waals surface area contributed by atoms with E-state index in [-0.39, 0.29) is 17.9 Å². The molecule has 5 heteroatoms. The van der Waals surface area contributed by atoms with E-state index in [1.807, 2.05) is 40.1 Å². The minimum absolute atomic E-state index is 0.0485. The zero-order valence-corrected chi connectivity index (χ0v) is 16.0. The van der Waals surface area contributed by atoms with E-state index >= 15 is 0 Å². The van der Waals surface area contributed by atoms with E-state index in [4.69, 9.17) is 9.47 Å². The van der Waals surface area contributed by atoms with E-state index in [0.29, 0.717) is 13.2 Å². The maximum atomic E-state index is 12.6. The third kappa shape index (κ3) is 6.42. The normalized spacial score (nSPS) is 18.7. The van der Waals surface area contributed by atoms with Gasteiger partial charge in [-0.25, -0.2) is 0 Å². The Morgan fingerprint density at radius 3 is 2.64 bits per heavy atom. The first kappa shape index (κ1) is 19.9. The molecule has 2 atom stereocenters. The number of nitrogens with zero attached hydrogens (tertiary/aromatic N) is 1. The van der Waals surface area contributed by atoms with Gasteiger partial charge in [0.25, 0.3) is 0 Å². The highest BCUT2D eigenvalue weighted by Gasteiger charge is 2.25. The van der Waals surface area contributed by atoms with Crippen molar-refractivity contribution in [1.29, 1.82) is 0 Å². The first-order valence-electron chi connectivity index (χ1n) is 9.19. The standard InChI is InChI=1S/C20H32N2O3/c1-15(2)19(25-14-18-10-7-11-24-18)20(23)21-12-16-8-5-6-9-17(16)13-22(3)4/h5-6,8-9,15,18-19H,7,10-14H2,1-4H3,(H,21,23). The van der Waals surface area contributed by atoms with Crippen LogP contribution in [0.3, 0.4) is 0 Å². The SMILES string of the molecule is CC(C)C(OCC1CCCO1)C(=O)NCc1ccccc1CN(C)C. The topological polar surface area (TPSA) is 50.8 Å². The van der Waals surface area contributed by atoms with Crippen LogP contribution in [0.1, 0.15) is 37.8 Å². The van der Waals surface area contributed by atoms with Crippen LogP contribution in [0.15, 0.2) is 24.3 Å². The van der Waals surface area contributed by atoms with Gasteiger partial charge in [-0.15, -0.1) is 0 Å². The zero-order chi connectivity index (χ0) is 18.2. The maximum Gasteiger partial charge on any atom is 0.249 e.